The maximum absolute atomic E-state index is 12.7. The Morgan fingerprint density at radius 1 is 0.727 bits per heavy atom. The highest BCUT2D eigenvalue weighted by Crippen LogP contribution is 2.40. The molecule has 33 heavy (non-hydrogen) atoms. The number of carbonyl (C=O) groups excluding carboxylic acids is 2. The molecule has 0 saturated heterocycles. The maximum atomic E-state index is 12.7. The van der Waals surface area contributed by atoms with Crippen LogP contribution < -0.4 is 14.2 Å². The van der Waals surface area contributed by atoms with Gasteiger partial charge in [-0.1, -0.05) is 59.8 Å². The molecule has 0 heterocycles. The second kappa shape index (κ2) is 17.2. The van der Waals surface area contributed by atoms with Crippen LogP contribution in [-0.4, -0.2) is 31.4 Å². The number of unbranched alkanes of at least 4 members (excludes halogenated alkanes) is 5. The normalized spacial score (nSPS) is 11.4. The standard InChI is InChI=1S/C28H44O5/c1-6-10-14-15-25(30)24(22(5)29)19-23-20-26(31-16-11-7-2)28(33-18-13-9-4)27(21-23)32-17-12-8-3/h19-21H,6-18H2,1-5H3/b24-19+. The first-order chi connectivity index (χ1) is 16.0. The van der Waals surface area contributed by atoms with Crippen LogP contribution in [0.1, 0.15) is 104 Å². The van der Waals surface area contributed by atoms with Gasteiger partial charge in [-0.15, -0.1) is 0 Å². The Labute approximate surface area is 200 Å². The van der Waals surface area contributed by atoms with Gasteiger partial charge in [0.05, 0.1) is 25.4 Å². The number of carbonyl (C=O) groups is 2. The van der Waals surface area contributed by atoms with Crippen LogP contribution in [0, 0.1) is 0 Å². The van der Waals surface area contributed by atoms with E-state index in [9.17, 15) is 9.59 Å². The molecule has 186 valence electrons. The molecule has 1 rings (SSSR count). The third kappa shape index (κ3) is 10.9. The quantitative estimate of drug-likeness (QED) is 0.0935. The van der Waals surface area contributed by atoms with E-state index in [0.29, 0.717) is 49.1 Å². The van der Waals surface area contributed by atoms with E-state index in [4.69, 9.17) is 14.2 Å². The summed E-state index contributed by atoms with van der Waals surface area (Å²) in [7, 11) is 0. The van der Waals surface area contributed by atoms with Gasteiger partial charge in [0.15, 0.2) is 23.1 Å². The number of benzene rings is 1. The molecule has 0 aliphatic heterocycles. The fourth-order valence-corrected chi connectivity index (χ4v) is 3.22. The topological polar surface area (TPSA) is 61.8 Å². The summed E-state index contributed by atoms with van der Waals surface area (Å²) in [5.74, 6) is 1.47. The van der Waals surface area contributed by atoms with Crippen LogP contribution in [0.25, 0.3) is 6.08 Å². The Balaban J connectivity index is 3.38. The molecule has 0 amide bonds. The van der Waals surface area contributed by atoms with Crippen molar-refractivity contribution >= 4 is 17.6 Å². The first-order valence-electron chi connectivity index (χ1n) is 12.8. The van der Waals surface area contributed by atoms with E-state index < -0.39 is 0 Å². The van der Waals surface area contributed by atoms with Crippen molar-refractivity contribution in [2.45, 2.75) is 98.8 Å². The molecular weight excluding hydrogens is 416 g/mol. The Hall–Kier alpha value is -2.30. The first-order valence-corrected chi connectivity index (χ1v) is 12.8. The zero-order valence-corrected chi connectivity index (χ0v) is 21.5. The van der Waals surface area contributed by atoms with Gasteiger partial charge in [-0.2, -0.15) is 0 Å². The van der Waals surface area contributed by atoms with E-state index in [1.54, 1.807) is 6.08 Å². The Bertz CT molecular complexity index is 720. The molecule has 1 aromatic carbocycles. The van der Waals surface area contributed by atoms with Crippen molar-refractivity contribution in [3.05, 3.63) is 23.3 Å². The van der Waals surface area contributed by atoms with Crippen LogP contribution in [0.2, 0.25) is 0 Å². The molecule has 1 aromatic rings. The molecule has 0 fully saturated rings. The van der Waals surface area contributed by atoms with E-state index in [0.717, 1.165) is 57.8 Å². The summed E-state index contributed by atoms with van der Waals surface area (Å²) in [6, 6.07) is 3.71. The van der Waals surface area contributed by atoms with Crippen LogP contribution in [0.3, 0.4) is 0 Å². The predicted octanol–water partition coefficient (Wildman–Crippen LogP) is 7.35. The lowest BCUT2D eigenvalue weighted by molar-refractivity contribution is -0.120. The van der Waals surface area contributed by atoms with Crippen molar-refractivity contribution < 1.29 is 23.8 Å². The van der Waals surface area contributed by atoms with Crippen LogP contribution >= 0.6 is 0 Å². The maximum Gasteiger partial charge on any atom is 0.203 e. The van der Waals surface area contributed by atoms with Gasteiger partial charge in [-0.25, -0.2) is 0 Å². The molecule has 0 N–H and O–H groups in total. The zero-order valence-electron chi connectivity index (χ0n) is 21.5. The summed E-state index contributed by atoms with van der Waals surface area (Å²) in [6.45, 7) is 11.6. The van der Waals surface area contributed by atoms with Gasteiger partial charge in [-0.3, -0.25) is 9.59 Å². The monoisotopic (exact) mass is 460 g/mol. The van der Waals surface area contributed by atoms with Gasteiger partial charge in [0.1, 0.15) is 0 Å². The van der Waals surface area contributed by atoms with Crippen LogP contribution in [0.15, 0.2) is 17.7 Å². The summed E-state index contributed by atoms with van der Waals surface area (Å²) in [4.78, 5) is 25.0. The average molecular weight is 461 g/mol. The van der Waals surface area contributed by atoms with Crippen LogP contribution in [0.4, 0.5) is 0 Å². The van der Waals surface area contributed by atoms with E-state index in [1.807, 2.05) is 12.1 Å². The smallest absolute Gasteiger partial charge is 0.203 e. The molecule has 0 bridgehead atoms. The summed E-state index contributed by atoms with van der Waals surface area (Å²) in [5, 5.41) is 0. The molecule has 0 unspecified atom stereocenters. The molecule has 0 aliphatic carbocycles. The number of Topliss-reactive ketones (excluding diaryl/α,β-unsaturated/α-hetero) is 2. The third-order valence-corrected chi connectivity index (χ3v) is 5.30. The molecule has 0 spiro atoms. The number of hydrogen-bond acceptors (Lipinski definition) is 5. The molecule has 0 aromatic heterocycles. The molecule has 0 aliphatic rings. The van der Waals surface area contributed by atoms with E-state index in [1.165, 1.54) is 6.92 Å². The molecule has 0 atom stereocenters. The van der Waals surface area contributed by atoms with Gasteiger partial charge in [0, 0.05) is 6.42 Å². The van der Waals surface area contributed by atoms with Gasteiger partial charge in [0.2, 0.25) is 5.75 Å². The van der Waals surface area contributed by atoms with Crippen LogP contribution in [-0.2, 0) is 9.59 Å². The second-order valence-corrected chi connectivity index (χ2v) is 8.45. The molecular formula is C28H44O5. The average Bonchev–Trinajstić information content (AvgIpc) is 2.79. The van der Waals surface area contributed by atoms with E-state index in [-0.39, 0.29) is 17.1 Å². The lowest BCUT2D eigenvalue weighted by atomic mass is 9.99. The lowest BCUT2D eigenvalue weighted by Gasteiger charge is -2.18. The largest absolute Gasteiger partial charge is 0.490 e. The molecule has 5 nitrogen and oxygen atoms in total. The van der Waals surface area contributed by atoms with Crippen molar-refractivity contribution in [1.29, 1.82) is 0 Å². The minimum atomic E-state index is -0.221. The predicted molar refractivity (Wildman–Crippen MR) is 135 cm³/mol. The van der Waals surface area contributed by atoms with Crippen molar-refractivity contribution in [3.8, 4) is 17.2 Å². The second-order valence-electron chi connectivity index (χ2n) is 8.45. The van der Waals surface area contributed by atoms with Gasteiger partial charge >= 0.3 is 0 Å². The summed E-state index contributed by atoms with van der Waals surface area (Å²) < 4.78 is 18.2. The fourth-order valence-electron chi connectivity index (χ4n) is 3.22. The highest BCUT2D eigenvalue weighted by molar-refractivity contribution is 6.22. The number of rotatable bonds is 19. The minimum Gasteiger partial charge on any atom is -0.490 e. The first kappa shape index (κ1) is 28.7. The highest BCUT2D eigenvalue weighted by Gasteiger charge is 2.18. The van der Waals surface area contributed by atoms with Gasteiger partial charge in [-0.05, 0) is 56.4 Å². The Morgan fingerprint density at radius 2 is 1.21 bits per heavy atom. The SMILES string of the molecule is CCCCCC(=O)/C(=C/c1cc(OCCCC)c(OCCCC)c(OCCCC)c1)C(C)=O. The van der Waals surface area contributed by atoms with Crippen molar-refractivity contribution in [2.75, 3.05) is 19.8 Å². The van der Waals surface area contributed by atoms with E-state index in [2.05, 4.69) is 27.7 Å². The Morgan fingerprint density at radius 3 is 1.67 bits per heavy atom. The van der Waals surface area contributed by atoms with Gasteiger partial charge in [0.25, 0.3) is 0 Å². The van der Waals surface area contributed by atoms with Crippen LogP contribution in [0.5, 0.6) is 17.2 Å². The zero-order chi connectivity index (χ0) is 24.5. The number of ketones is 2. The number of hydrogen-bond donors (Lipinski definition) is 0. The van der Waals surface area contributed by atoms with E-state index >= 15 is 0 Å². The number of ether oxygens (including phenoxy) is 3. The van der Waals surface area contributed by atoms with Crippen molar-refractivity contribution in [2.24, 2.45) is 0 Å². The lowest BCUT2D eigenvalue weighted by Crippen LogP contribution is -2.10. The summed E-state index contributed by atoms with van der Waals surface area (Å²) in [6.07, 6.45) is 10.7. The summed E-state index contributed by atoms with van der Waals surface area (Å²) in [5.41, 5.74) is 0.939. The Kier molecular flexibility index (Phi) is 15.0. The van der Waals surface area contributed by atoms with Crippen molar-refractivity contribution in [1.82, 2.24) is 0 Å². The fraction of sp³-hybridized carbons (Fsp3) is 0.643. The molecule has 0 saturated carbocycles. The van der Waals surface area contributed by atoms with Crippen molar-refractivity contribution in [3.63, 3.8) is 0 Å². The summed E-state index contributed by atoms with van der Waals surface area (Å²) >= 11 is 0. The molecule has 5 heteroatoms. The highest BCUT2D eigenvalue weighted by atomic mass is 16.5. The minimum absolute atomic E-state index is 0.110. The molecule has 0 radical (unpaired) electrons. The van der Waals surface area contributed by atoms with Gasteiger partial charge < -0.3 is 14.2 Å². The number of allylic oxidation sites excluding steroid dienone is 1. The third-order valence-electron chi connectivity index (χ3n) is 5.30.